The predicted octanol–water partition coefficient (Wildman–Crippen LogP) is 4.32. The highest BCUT2D eigenvalue weighted by Crippen LogP contribution is 2.33. The second-order valence-electron chi connectivity index (χ2n) is 6.95. The number of likely N-dealkylation sites (tertiary alicyclic amines) is 1. The van der Waals surface area contributed by atoms with E-state index in [0.717, 1.165) is 17.9 Å². The first-order valence-electron chi connectivity index (χ1n) is 7.11. The van der Waals surface area contributed by atoms with E-state index in [4.69, 9.17) is 0 Å². The maximum atomic E-state index is 2.73. The Bertz CT molecular complexity index is 202. The molecular weight excluding hydrogens is 194 g/mol. The van der Waals surface area contributed by atoms with Gasteiger partial charge in [-0.05, 0) is 64.8 Å². The lowest BCUT2D eigenvalue weighted by molar-refractivity contribution is 0.0241. The summed E-state index contributed by atoms with van der Waals surface area (Å²) in [4.78, 5) is 2.73. The smallest absolute Gasteiger partial charge is 0.0127 e. The maximum Gasteiger partial charge on any atom is 0.0127 e. The lowest BCUT2D eigenvalue weighted by Gasteiger charge is -2.47. The van der Waals surface area contributed by atoms with Gasteiger partial charge in [-0.15, -0.1) is 0 Å². The van der Waals surface area contributed by atoms with Crippen molar-refractivity contribution in [2.75, 3.05) is 6.54 Å². The largest absolute Gasteiger partial charge is 0.296 e. The molecule has 0 aromatic carbocycles. The highest BCUT2D eigenvalue weighted by atomic mass is 15.2. The van der Waals surface area contributed by atoms with E-state index in [1.807, 2.05) is 0 Å². The molecule has 1 heterocycles. The average Bonchev–Trinajstić information content (AvgIpc) is 2.14. The monoisotopic (exact) mass is 225 g/mol. The van der Waals surface area contributed by atoms with Crippen LogP contribution in [0.2, 0.25) is 0 Å². The van der Waals surface area contributed by atoms with Crippen LogP contribution in [0, 0.1) is 11.8 Å². The predicted molar refractivity (Wildman–Crippen MR) is 72.7 cm³/mol. The van der Waals surface area contributed by atoms with Gasteiger partial charge in [-0.25, -0.2) is 0 Å². The van der Waals surface area contributed by atoms with Crippen molar-refractivity contribution in [3.63, 3.8) is 0 Å². The lowest BCUT2D eigenvalue weighted by Crippen LogP contribution is -2.52. The van der Waals surface area contributed by atoms with Gasteiger partial charge in [0.05, 0.1) is 0 Å². The molecule has 96 valence electrons. The fourth-order valence-corrected chi connectivity index (χ4v) is 3.29. The van der Waals surface area contributed by atoms with Crippen molar-refractivity contribution in [1.29, 1.82) is 0 Å². The number of nitrogens with zero attached hydrogens (tertiary/aromatic N) is 1. The fourth-order valence-electron chi connectivity index (χ4n) is 3.29. The molecule has 1 nitrogen and oxygen atoms in total. The number of piperidine rings is 1. The molecular formula is C15H31N. The van der Waals surface area contributed by atoms with Crippen molar-refractivity contribution in [3.8, 4) is 0 Å². The van der Waals surface area contributed by atoms with Gasteiger partial charge in [0.25, 0.3) is 0 Å². The van der Waals surface area contributed by atoms with Gasteiger partial charge in [0.15, 0.2) is 0 Å². The summed E-state index contributed by atoms with van der Waals surface area (Å²) in [5, 5.41) is 0. The maximum absolute atomic E-state index is 2.73. The van der Waals surface area contributed by atoms with E-state index in [1.54, 1.807) is 0 Å². The number of hydrogen-bond donors (Lipinski definition) is 0. The second kappa shape index (κ2) is 5.53. The highest BCUT2D eigenvalue weighted by molar-refractivity contribution is 4.88. The first-order valence-corrected chi connectivity index (χ1v) is 7.11. The zero-order valence-corrected chi connectivity index (χ0v) is 12.2. The molecule has 0 aromatic heterocycles. The topological polar surface area (TPSA) is 3.24 Å². The SMILES string of the molecule is CCC1CC(CC(C)C)CCN1C(C)(C)C. The van der Waals surface area contributed by atoms with Gasteiger partial charge in [-0.1, -0.05) is 20.8 Å². The van der Waals surface area contributed by atoms with E-state index in [-0.39, 0.29) is 0 Å². The minimum absolute atomic E-state index is 0.351. The van der Waals surface area contributed by atoms with E-state index in [1.165, 1.54) is 32.2 Å². The van der Waals surface area contributed by atoms with Crippen molar-refractivity contribution in [1.82, 2.24) is 4.90 Å². The van der Waals surface area contributed by atoms with Gasteiger partial charge in [0.2, 0.25) is 0 Å². The van der Waals surface area contributed by atoms with Crippen LogP contribution >= 0.6 is 0 Å². The minimum atomic E-state index is 0.351. The van der Waals surface area contributed by atoms with Crippen LogP contribution in [0.1, 0.15) is 67.2 Å². The van der Waals surface area contributed by atoms with Gasteiger partial charge >= 0.3 is 0 Å². The second-order valence-corrected chi connectivity index (χ2v) is 6.95. The van der Waals surface area contributed by atoms with Gasteiger partial charge < -0.3 is 0 Å². The third-order valence-electron chi connectivity index (χ3n) is 3.96. The summed E-state index contributed by atoms with van der Waals surface area (Å²) in [5.41, 5.74) is 0.351. The highest BCUT2D eigenvalue weighted by Gasteiger charge is 2.33. The van der Waals surface area contributed by atoms with E-state index in [2.05, 4.69) is 46.4 Å². The zero-order chi connectivity index (χ0) is 12.3. The summed E-state index contributed by atoms with van der Waals surface area (Å²) in [6.45, 7) is 15.4. The van der Waals surface area contributed by atoms with E-state index in [9.17, 15) is 0 Å². The summed E-state index contributed by atoms with van der Waals surface area (Å²) in [6, 6.07) is 0.817. The quantitative estimate of drug-likeness (QED) is 0.691. The third kappa shape index (κ3) is 3.76. The molecule has 0 bridgehead atoms. The Morgan fingerprint density at radius 1 is 1.25 bits per heavy atom. The molecule has 0 N–H and O–H groups in total. The van der Waals surface area contributed by atoms with E-state index in [0.29, 0.717) is 5.54 Å². The molecule has 0 spiro atoms. The Kier molecular flexibility index (Phi) is 4.85. The molecule has 0 radical (unpaired) electrons. The molecule has 0 amide bonds. The van der Waals surface area contributed by atoms with E-state index < -0.39 is 0 Å². The Balaban J connectivity index is 2.57. The molecule has 1 aliphatic heterocycles. The molecule has 0 aliphatic carbocycles. The summed E-state index contributed by atoms with van der Waals surface area (Å²) < 4.78 is 0. The lowest BCUT2D eigenvalue weighted by atomic mass is 9.82. The van der Waals surface area contributed by atoms with Crippen LogP contribution in [0.5, 0.6) is 0 Å². The standard InChI is InChI=1S/C15H31N/c1-7-14-11-13(10-12(2)3)8-9-16(14)15(4,5)6/h12-14H,7-11H2,1-6H3. The Labute approximate surface area is 103 Å². The summed E-state index contributed by atoms with van der Waals surface area (Å²) in [5.74, 6) is 1.84. The van der Waals surface area contributed by atoms with Gasteiger partial charge in [-0.2, -0.15) is 0 Å². The van der Waals surface area contributed by atoms with Crippen molar-refractivity contribution >= 4 is 0 Å². The minimum Gasteiger partial charge on any atom is -0.296 e. The third-order valence-corrected chi connectivity index (χ3v) is 3.96. The number of hydrogen-bond acceptors (Lipinski definition) is 1. The van der Waals surface area contributed by atoms with Gasteiger partial charge in [-0.3, -0.25) is 4.90 Å². The van der Waals surface area contributed by atoms with E-state index >= 15 is 0 Å². The first kappa shape index (κ1) is 14.0. The first-order chi connectivity index (χ1) is 7.34. The molecule has 16 heavy (non-hydrogen) atoms. The van der Waals surface area contributed by atoms with Crippen LogP contribution in [0.4, 0.5) is 0 Å². The molecule has 1 fully saturated rings. The van der Waals surface area contributed by atoms with Gasteiger partial charge in [0.1, 0.15) is 0 Å². The van der Waals surface area contributed by atoms with Crippen LogP contribution in [-0.4, -0.2) is 23.0 Å². The molecule has 2 atom stereocenters. The molecule has 2 unspecified atom stereocenters. The zero-order valence-electron chi connectivity index (χ0n) is 12.2. The summed E-state index contributed by atoms with van der Waals surface area (Å²) in [7, 11) is 0. The van der Waals surface area contributed by atoms with Crippen molar-refractivity contribution in [2.24, 2.45) is 11.8 Å². The molecule has 1 saturated heterocycles. The summed E-state index contributed by atoms with van der Waals surface area (Å²) in [6.07, 6.45) is 5.57. The van der Waals surface area contributed by atoms with Crippen molar-refractivity contribution < 1.29 is 0 Å². The number of rotatable bonds is 3. The van der Waals surface area contributed by atoms with Crippen LogP contribution in [-0.2, 0) is 0 Å². The molecule has 1 aliphatic rings. The van der Waals surface area contributed by atoms with Crippen LogP contribution in [0.15, 0.2) is 0 Å². The Morgan fingerprint density at radius 3 is 2.31 bits per heavy atom. The summed E-state index contributed by atoms with van der Waals surface area (Å²) >= 11 is 0. The van der Waals surface area contributed by atoms with Crippen molar-refractivity contribution in [2.45, 2.75) is 78.8 Å². The molecule has 1 heteroatoms. The Hall–Kier alpha value is -0.0400. The fraction of sp³-hybridized carbons (Fsp3) is 1.00. The molecule has 0 saturated carbocycles. The van der Waals surface area contributed by atoms with Gasteiger partial charge in [0, 0.05) is 11.6 Å². The van der Waals surface area contributed by atoms with Crippen LogP contribution in [0.3, 0.4) is 0 Å². The molecule has 0 aromatic rings. The average molecular weight is 225 g/mol. The normalized spacial score (nSPS) is 28.7. The molecule has 1 rings (SSSR count). The van der Waals surface area contributed by atoms with Crippen LogP contribution in [0.25, 0.3) is 0 Å². The van der Waals surface area contributed by atoms with Crippen LogP contribution < -0.4 is 0 Å². The Morgan fingerprint density at radius 2 is 1.88 bits per heavy atom. The van der Waals surface area contributed by atoms with Crippen molar-refractivity contribution in [3.05, 3.63) is 0 Å².